The lowest BCUT2D eigenvalue weighted by Crippen LogP contribution is -2.40. The van der Waals surface area contributed by atoms with Crippen LogP contribution >= 0.6 is 11.6 Å². The third kappa shape index (κ3) is 4.74. The lowest BCUT2D eigenvalue weighted by molar-refractivity contribution is 0.188. The maximum atomic E-state index is 6.12. The molecule has 0 bridgehead atoms. The van der Waals surface area contributed by atoms with Gasteiger partial charge in [0.1, 0.15) is 12.1 Å². The summed E-state index contributed by atoms with van der Waals surface area (Å²) in [4.78, 5) is 9.19. The zero-order valence-electron chi connectivity index (χ0n) is 18.3. The average Bonchev–Trinajstić information content (AvgIpc) is 3.19. The molecule has 0 radical (unpaired) electrons. The van der Waals surface area contributed by atoms with Crippen molar-refractivity contribution < 1.29 is 4.74 Å². The predicted octanol–water partition coefficient (Wildman–Crippen LogP) is 5.76. The number of aliphatic imine (C=N–C) groups is 1. The molecule has 1 aromatic heterocycles. The van der Waals surface area contributed by atoms with Crippen LogP contribution in [0.4, 0.5) is 5.69 Å². The normalized spacial score (nSPS) is 25.4. The summed E-state index contributed by atoms with van der Waals surface area (Å²) in [7, 11) is 0. The van der Waals surface area contributed by atoms with Gasteiger partial charge < -0.3 is 15.4 Å². The predicted molar refractivity (Wildman–Crippen MR) is 132 cm³/mol. The van der Waals surface area contributed by atoms with E-state index >= 15 is 0 Å². The number of aromatic nitrogens is 1. The first-order valence-corrected chi connectivity index (χ1v) is 11.8. The first kappa shape index (κ1) is 21.2. The van der Waals surface area contributed by atoms with Gasteiger partial charge in [-0.25, -0.2) is 4.99 Å². The molecule has 1 fully saturated rings. The van der Waals surface area contributed by atoms with Crippen molar-refractivity contribution in [2.45, 2.75) is 56.8 Å². The van der Waals surface area contributed by atoms with Gasteiger partial charge >= 0.3 is 0 Å². The van der Waals surface area contributed by atoms with Gasteiger partial charge in [-0.2, -0.15) is 0 Å². The molecule has 0 amide bonds. The number of halogens is 1. The number of fused-ring (bicyclic) bond motifs is 1. The molecule has 2 N–H and O–H groups in total. The summed E-state index contributed by atoms with van der Waals surface area (Å²) >= 11 is 6.12. The second-order valence-electron chi connectivity index (χ2n) is 8.79. The highest BCUT2D eigenvalue weighted by Crippen LogP contribution is 2.30. The second kappa shape index (κ2) is 9.47. The van der Waals surface area contributed by atoms with Gasteiger partial charge in [0.15, 0.2) is 5.90 Å². The van der Waals surface area contributed by atoms with Crippen LogP contribution in [0.5, 0.6) is 0 Å². The summed E-state index contributed by atoms with van der Waals surface area (Å²) in [6.07, 6.45) is 6.44. The third-order valence-electron chi connectivity index (χ3n) is 6.53. The Bertz CT molecular complexity index is 1100. The molecule has 1 saturated carbocycles. The van der Waals surface area contributed by atoms with Crippen molar-refractivity contribution in [3.8, 4) is 0 Å². The minimum absolute atomic E-state index is 0.00943. The van der Waals surface area contributed by atoms with E-state index in [2.05, 4.69) is 52.0 Å². The van der Waals surface area contributed by atoms with E-state index in [-0.39, 0.29) is 12.1 Å². The van der Waals surface area contributed by atoms with Gasteiger partial charge in [-0.3, -0.25) is 4.98 Å². The van der Waals surface area contributed by atoms with Crippen molar-refractivity contribution in [2.75, 3.05) is 11.9 Å². The SMILES string of the molecule is CC1=N[C@H](CN[C@H]2CC[C@@H](Nc3ccnc4cc(Cl)ccc34)CC2)[C@H](c2ccccc2)O1. The van der Waals surface area contributed by atoms with Gasteiger partial charge in [-0.05, 0) is 55.5 Å². The molecule has 0 saturated heterocycles. The molecule has 1 aliphatic heterocycles. The molecule has 2 atom stereocenters. The zero-order valence-corrected chi connectivity index (χ0v) is 19.1. The monoisotopic (exact) mass is 448 g/mol. The van der Waals surface area contributed by atoms with E-state index in [9.17, 15) is 0 Å². The van der Waals surface area contributed by atoms with E-state index in [0.717, 1.165) is 59.7 Å². The molecule has 1 aliphatic carbocycles. The highest BCUT2D eigenvalue weighted by molar-refractivity contribution is 6.31. The second-order valence-corrected chi connectivity index (χ2v) is 9.22. The van der Waals surface area contributed by atoms with Crippen LogP contribution in [0.1, 0.15) is 44.3 Å². The van der Waals surface area contributed by atoms with Crippen molar-refractivity contribution in [3.05, 3.63) is 71.4 Å². The van der Waals surface area contributed by atoms with Crippen molar-refractivity contribution in [3.63, 3.8) is 0 Å². The minimum atomic E-state index is 0.00943. The Hall–Kier alpha value is -2.63. The van der Waals surface area contributed by atoms with Gasteiger partial charge in [-0.15, -0.1) is 0 Å². The van der Waals surface area contributed by atoms with Crippen molar-refractivity contribution >= 4 is 34.1 Å². The third-order valence-corrected chi connectivity index (χ3v) is 6.77. The molecule has 32 heavy (non-hydrogen) atoms. The van der Waals surface area contributed by atoms with Gasteiger partial charge in [0.05, 0.1) is 5.52 Å². The Morgan fingerprint density at radius 2 is 1.78 bits per heavy atom. The van der Waals surface area contributed by atoms with E-state index in [0.29, 0.717) is 12.1 Å². The number of hydrogen-bond acceptors (Lipinski definition) is 5. The Labute approximate surface area is 194 Å². The summed E-state index contributed by atoms with van der Waals surface area (Å²) < 4.78 is 6.01. The fraction of sp³-hybridized carbons (Fsp3) is 0.385. The fourth-order valence-electron chi connectivity index (χ4n) is 4.88. The summed E-state index contributed by atoms with van der Waals surface area (Å²) in [6, 6.07) is 19.5. The Kier molecular flexibility index (Phi) is 6.28. The van der Waals surface area contributed by atoms with Crippen LogP contribution in [0.2, 0.25) is 5.02 Å². The molecule has 2 aromatic carbocycles. The summed E-state index contributed by atoms with van der Waals surface area (Å²) in [5, 5.41) is 9.35. The fourth-order valence-corrected chi connectivity index (χ4v) is 5.04. The molecule has 166 valence electrons. The van der Waals surface area contributed by atoms with Crippen LogP contribution in [0.25, 0.3) is 10.9 Å². The summed E-state index contributed by atoms with van der Waals surface area (Å²) in [5.41, 5.74) is 3.26. The number of anilines is 1. The quantitative estimate of drug-likeness (QED) is 0.503. The molecule has 2 aliphatic rings. The molecular weight excluding hydrogens is 420 g/mol. The van der Waals surface area contributed by atoms with Gasteiger partial charge in [-0.1, -0.05) is 41.9 Å². The molecule has 0 spiro atoms. The van der Waals surface area contributed by atoms with Crippen LogP contribution in [0.15, 0.2) is 65.8 Å². The van der Waals surface area contributed by atoms with Crippen LogP contribution < -0.4 is 10.6 Å². The molecule has 2 heterocycles. The van der Waals surface area contributed by atoms with Crippen molar-refractivity contribution in [1.82, 2.24) is 10.3 Å². The van der Waals surface area contributed by atoms with Crippen molar-refractivity contribution in [2.24, 2.45) is 4.99 Å². The maximum Gasteiger partial charge on any atom is 0.181 e. The Morgan fingerprint density at radius 1 is 1.00 bits per heavy atom. The Morgan fingerprint density at radius 3 is 2.59 bits per heavy atom. The first-order valence-electron chi connectivity index (χ1n) is 11.5. The largest absolute Gasteiger partial charge is 0.471 e. The number of pyridine rings is 1. The Balaban J connectivity index is 1.15. The van der Waals surface area contributed by atoms with E-state index in [1.54, 1.807) is 0 Å². The van der Waals surface area contributed by atoms with Gasteiger partial charge in [0.25, 0.3) is 0 Å². The number of nitrogens with zero attached hydrogens (tertiary/aromatic N) is 2. The summed E-state index contributed by atoms with van der Waals surface area (Å²) in [6.45, 7) is 2.79. The smallest absolute Gasteiger partial charge is 0.181 e. The number of hydrogen-bond donors (Lipinski definition) is 2. The lowest BCUT2D eigenvalue weighted by Gasteiger charge is -2.31. The van der Waals surface area contributed by atoms with E-state index in [1.807, 2.05) is 31.3 Å². The standard InChI is InChI=1S/C26H29ClN4O/c1-17-30-25(26(32-17)18-5-3-2-4-6-18)16-29-20-8-10-21(11-9-20)31-23-13-14-28-24-15-19(27)7-12-22(23)24/h2-7,12-15,20-21,25-26,29H,8-11,16H2,1H3,(H,28,31)/t20-,21+,25-,26+/m1/s1. The molecule has 5 nitrogen and oxygen atoms in total. The van der Waals surface area contributed by atoms with Crippen LogP contribution in [-0.2, 0) is 4.74 Å². The average molecular weight is 449 g/mol. The van der Waals surface area contributed by atoms with E-state index in [4.69, 9.17) is 21.3 Å². The highest BCUT2D eigenvalue weighted by Gasteiger charge is 2.31. The number of ether oxygens (including phenoxy) is 1. The minimum Gasteiger partial charge on any atom is -0.471 e. The van der Waals surface area contributed by atoms with Crippen LogP contribution in [0, 0.1) is 0 Å². The van der Waals surface area contributed by atoms with Crippen LogP contribution in [0.3, 0.4) is 0 Å². The van der Waals surface area contributed by atoms with Gasteiger partial charge in [0.2, 0.25) is 0 Å². The number of nitrogens with one attached hydrogen (secondary N) is 2. The van der Waals surface area contributed by atoms with Crippen LogP contribution in [-0.4, -0.2) is 35.6 Å². The first-order chi connectivity index (χ1) is 15.7. The topological polar surface area (TPSA) is 58.5 Å². The highest BCUT2D eigenvalue weighted by atomic mass is 35.5. The zero-order chi connectivity index (χ0) is 21.9. The molecule has 6 heteroatoms. The van der Waals surface area contributed by atoms with Gasteiger partial charge in [0, 0.05) is 47.8 Å². The lowest BCUT2D eigenvalue weighted by atomic mass is 9.90. The van der Waals surface area contributed by atoms with E-state index in [1.165, 1.54) is 5.56 Å². The molecular formula is C26H29ClN4O. The van der Waals surface area contributed by atoms with Crippen molar-refractivity contribution in [1.29, 1.82) is 0 Å². The maximum absolute atomic E-state index is 6.12. The molecule has 3 aromatic rings. The summed E-state index contributed by atoms with van der Waals surface area (Å²) in [5.74, 6) is 0.782. The van der Waals surface area contributed by atoms with E-state index < -0.39 is 0 Å². The number of rotatable bonds is 6. The molecule has 5 rings (SSSR count). The molecule has 0 unspecified atom stereocenters. The number of benzene rings is 2.